The molecule has 4 heteroatoms. The minimum absolute atomic E-state index is 0.551. The number of piperidine rings is 1. The molecule has 112 valence electrons. The van der Waals surface area contributed by atoms with E-state index >= 15 is 0 Å². The van der Waals surface area contributed by atoms with Crippen LogP contribution in [-0.4, -0.2) is 36.7 Å². The second-order valence-electron chi connectivity index (χ2n) is 6.24. The lowest BCUT2D eigenvalue weighted by Gasteiger charge is -2.36. The zero-order valence-electron chi connectivity index (χ0n) is 12.9. The molecule has 2 aliphatic rings. The zero-order chi connectivity index (χ0) is 14.6. The van der Waals surface area contributed by atoms with E-state index in [1.54, 1.807) is 12.4 Å². The maximum atomic E-state index is 5.70. The minimum Gasteiger partial charge on any atom is -0.341 e. The molecule has 2 fully saturated rings. The molecule has 1 aliphatic heterocycles. The van der Waals surface area contributed by atoms with Gasteiger partial charge in [-0.05, 0) is 56.4 Å². The van der Waals surface area contributed by atoms with Crippen LogP contribution in [0, 0.1) is 17.3 Å². The molecule has 0 spiro atoms. The number of nitrogens with two attached hydrogens (primary N) is 1. The van der Waals surface area contributed by atoms with E-state index in [2.05, 4.69) is 28.4 Å². The van der Waals surface area contributed by atoms with Gasteiger partial charge in [0, 0.05) is 25.5 Å². The lowest BCUT2D eigenvalue weighted by molar-refractivity contribution is 0.182. The van der Waals surface area contributed by atoms with E-state index in [9.17, 15) is 0 Å². The lowest BCUT2D eigenvalue weighted by atomic mass is 9.81. The van der Waals surface area contributed by atoms with E-state index in [0.717, 1.165) is 37.4 Å². The fourth-order valence-corrected chi connectivity index (χ4v) is 3.74. The molecule has 1 aliphatic carbocycles. The Morgan fingerprint density at radius 1 is 1.45 bits per heavy atom. The summed E-state index contributed by atoms with van der Waals surface area (Å²) < 4.78 is 0. The molecular weight excluding hydrogens is 248 g/mol. The quantitative estimate of drug-likeness (QED) is 0.634. The molecule has 1 saturated heterocycles. The van der Waals surface area contributed by atoms with Gasteiger partial charge >= 0.3 is 0 Å². The molecule has 0 aromatic carbocycles. The summed E-state index contributed by atoms with van der Waals surface area (Å²) in [5, 5.41) is 0. The molecule has 20 heavy (non-hydrogen) atoms. The minimum atomic E-state index is 0.551. The molecule has 1 saturated carbocycles. The van der Waals surface area contributed by atoms with Gasteiger partial charge in [-0.3, -0.25) is 0 Å². The molecule has 2 atom stereocenters. The summed E-state index contributed by atoms with van der Waals surface area (Å²) in [6, 6.07) is 0. The van der Waals surface area contributed by atoms with Crippen molar-refractivity contribution < 1.29 is 0 Å². The van der Waals surface area contributed by atoms with Crippen LogP contribution in [0.1, 0.15) is 39.5 Å². The van der Waals surface area contributed by atoms with Crippen LogP contribution in [-0.2, 0) is 0 Å². The second kappa shape index (κ2) is 6.53. The predicted octanol–water partition coefficient (Wildman–Crippen LogP) is 2.66. The highest BCUT2D eigenvalue weighted by Crippen LogP contribution is 2.61. The van der Waals surface area contributed by atoms with Crippen molar-refractivity contribution in [3.63, 3.8) is 0 Å². The average Bonchev–Trinajstić information content (AvgIpc) is 3.11. The Morgan fingerprint density at radius 3 is 2.70 bits per heavy atom. The Bertz CT molecular complexity index is 393. The van der Waals surface area contributed by atoms with Crippen LogP contribution in [0.2, 0.25) is 0 Å². The second-order valence-corrected chi connectivity index (χ2v) is 6.24. The summed E-state index contributed by atoms with van der Waals surface area (Å²) in [5.74, 6) is 2.50. The number of hydrogen-bond acceptors (Lipinski definition) is 2. The molecule has 0 amide bonds. The number of nitrogens with zero attached hydrogens (tertiary/aromatic N) is 3. The van der Waals surface area contributed by atoms with E-state index in [1.807, 2.05) is 6.92 Å². The van der Waals surface area contributed by atoms with Crippen molar-refractivity contribution in [2.24, 2.45) is 33.0 Å². The number of rotatable bonds is 4. The standard InChI is InChI=1S/C16H28N4/c1-4-18-15(19-5-2)20-10-7-13(8-11-20)16(3)12-14(16)6-9-17/h4-5,13-14H,1,6-12,17H2,2-3H3. The van der Waals surface area contributed by atoms with E-state index in [0.29, 0.717) is 5.41 Å². The summed E-state index contributed by atoms with van der Waals surface area (Å²) >= 11 is 0. The van der Waals surface area contributed by atoms with Crippen LogP contribution in [0.3, 0.4) is 0 Å². The van der Waals surface area contributed by atoms with E-state index in [1.165, 1.54) is 25.7 Å². The Balaban J connectivity index is 1.90. The van der Waals surface area contributed by atoms with Crippen molar-refractivity contribution in [2.75, 3.05) is 19.6 Å². The number of hydrogen-bond donors (Lipinski definition) is 1. The monoisotopic (exact) mass is 276 g/mol. The Morgan fingerprint density at radius 2 is 2.15 bits per heavy atom. The summed E-state index contributed by atoms with van der Waals surface area (Å²) in [5.41, 5.74) is 6.25. The van der Waals surface area contributed by atoms with E-state index in [4.69, 9.17) is 5.73 Å². The predicted molar refractivity (Wildman–Crippen MR) is 86.0 cm³/mol. The zero-order valence-corrected chi connectivity index (χ0v) is 12.9. The third-order valence-corrected chi connectivity index (χ3v) is 5.14. The van der Waals surface area contributed by atoms with Gasteiger partial charge < -0.3 is 10.6 Å². The summed E-state index contributed by atoms with van der Waals surface area (Å²) in [4.78, 5) is 10.9. The Hall–Kier alpha value is -1.16. The molecule has 0 radical (unpaired) electrons. The van der Waals surface area contributed by atoms with Crippen molar-refractivity contribution in [1.29, 1.82) is 0 Å². The normalized spacial score (nSPS) is 31.9. The summed E-state index contributed by atoms with van der Waals surface area (Å²) in [6.45, 7) is 11.0. The van der Waals surface area contributed by atoms with Crippen molar-refractivity contribution in [2.45, 2.75) is 39.5 Å². The largest absolute Gasteiger partial charge is 0.341 e. The summed E-state index contributed by atoms with van der Waals surface area (Å²) in [6.07, 6.45) is 8.43. The van der Waals surface area contributed by atoms with Gasteiger partial charge in [0.05, 0.1) is 0 Å². The Labute approximate surface area is 122 Å². The van der Waals surface area contributed by atoms with Crippen molar-refractivity contribution in [3.05, 3.63) is 12.8 Å². The first kappa shape index (κ1) is 15.2. The SMILES string of the molecule is C=CN=C(N=CC)N1CCC(C2(C)CC2CCN)CC1. The van der Waals surface area contributed by atoms with Crippen molar-refractivity contribution in [1.82, 2.24) is 4.90 Å². The smallest absolute Gasteiger partial charge is 0.224 e. The van der Waals surface area contributed by atoms with Crippen LogP contribution in [0.15, 0.2) is 22.8 Å². The van der Waals surface area contributed by atoms with Crippen LogP contribution < -0.4 is 5.73 Å². The number of guanidine groups is 1. The van der Waals surface area contributed by atoms with Gasteiger partial charge in [0.15, 0.2) is 0 Å². The molecule has 2 unspecified atom stereocenters. The van der Waals surface area contributed by atoms with Gasteiger partial charge in [0.1, 0.15) is 0 Å². The maximum Gasteiger partial charge on any atom is 0.224 e. The first-order chi connectivity index (χ1) is 9.65. The first-order valence-corrected chi connectivity index (χ1v) is 7.78. The topological polar surface area (TPSA) is 54.0 Å². The fourth-order valence-electron chi connectivity index (χ4n) is 3.74. The van der Waals surface area contributed by atoms with Gasteiger partial charge in [-0.2, -0.15) is 0 Å². The van der Waals surface area contributed by atoms with E-state index in [-0.39, 0.29) is 0 Å². The third-order valence-electron chi connectivity index (χ3n) is 5.14. The highest BCUT2D eigenvalue weighted by molar-refractivity contribution is 5.87. The molecule has 0 aromatic heterocycles. The van der Waals surface area contributed by atoms with Crippen LogP contribution in [0.25, 0.3) is 0 Å². The van der Waals surface area contributed by atoms with Crippen molar-refractivity contribution in [3.8, 4) is 0 Å². The van der Waals surface area contributed by atoms with Gasteiger partial charge in [0.2, 0.25) is 5.96 Å². The van der Waals surface area contributed by atoms with Crippen molar-refractivity contribution >= 4 is 12.2 Å². The van der Waals surface area contributed by atoms with Crippen LogP contribution in [0.5, 0.6) is 0 Å². The number of likely N-dealkylation sites (tertiary alicyclic amines) is 1. The fraction of sp³-hybridized carbons (Fsp3) is 0.750. The molecule has 1 heterocycles. The number of aliphatic imine (C=N–C) groups is 2. The lowest BCUT2D eigenvalue weighted by Crippen LogP contribution is -2.39. The molecule has 2 rings (SSSR count). The summed E-state index contributed by atoms with van der Waals surface area (Å²) in [7, 11) is 0. The Kier molecular flexibility index (Phi) is 4.97. The molecule has 0 aromatic rings. The molecular formula is C16H28N4. The highest BCUT2D eigenvalue weighted by Gasteiger charge is 2.54. The van der Waals surface area contributed by atoms with Gasteiger partial charge in [-0.15, -0.1) is 0 Å². The molecule has 0 bridgehead atoms. The van der Waals surface area contributed by atoms with Gasteiger partial charge in [-0.1, -0.05) is 13.5 Å². The van der Waals surface area contributed by atoms with Crippen LogP contribution >= 0.6 is 0 Å². The first-order valence-electron chi connectivity index (χ1n) is 7.78. The van der Waals surface area contributed by atoms with Gasteiger partial charge in [-0.25, -0.2) is 9.98 Å². The highest BCUT2D eigenvalue weighted by atomic mass is 15.3. The van der Waals surface area contributed by atoms with E-state index < -0.39 is 0 Å². The maximum absolute atomic E-state index is 5.70. The molecule has 2 N–H and O–H groups in total. The van der Waals surface area contributed by atoms with Crippen LogP contribution in [0.4, 0.5) is 0 Å². The third kappa shape index (κ3) is 3.11. The average molecular weight is 276 g/mol. The van der Waals surface area contributed by atoms with Gasteiger partial charge in [0.25, 0.3) is 0 Å². The molecule has 4 nitrogen and oxygen atoms in total.